The number of carboxylic acids is 1. The maximum atomic E-state index is 12.8. The van der Waals surface area contributed by atoms with Crippen LogP contribution in [0.1, 0.15) is 15.9 Å². The summed E-state index contributed by atoms with van der Waals surface area (Å²) in [6.45, 7) is 0. The molecular weight excluding hydrogens is 194 g/mol. The zero-order chi connectivity index (χ0) is 10.8. The van der Waals surface area contributed by atoms with Crippen molar-refractivity contribution in [1.29, 1.82) is 0 Å². The van der Waals surface area contributed by atoms with Crippen LogP contribution in [-0.2, 0) is 10.7 Å². The molecule has 14 heavy (non-hydrogen) atoms. The fourth-order valence-electron chi connectivity index (χ4n) is 0.894. The van der Waals surface area contributed by atoms with Gasteiger partial charge in [-0.15, -0.1) is 0 Å². The van der Waals surface area contributed by atoms with Gasteiger partial charge < -0.3 is 5.11 Å². The van der Waals surface area contributed by atoms with Crippen LogP contribution in [0.15, 0.2) is 24.3 Å². The van der Waals surface area contributed by atoms with Crippen molar-refractivity contribution in [2.75, 3.05) is 0 Å². The van der Waals surface area contributed by atoms with E-state index in [-0.39, 0.29) is 5.56 Å². The van der Waals surface area contributed by atoms with Crippen molar-refractivity contribution < 1.29 is 23.5 Å². The van der Waals surface area contributed by atoms with E-state index in [4.69, 9.17) is 5.11 Å². The van der Waals surface area contributed by atoms with Crippen LogP contribution in [0, 0.1) is 0 Å². The molecule has 1 aromatic rings. The van der Waals surface area contributed by atoms with E-state index < -0.39 is 17.5 Å². The van der Waals surface area contributed by atoms with Crippen LogP contribution in [0.25, 0.3) is 0 Å². The molecule has 0 heterocycles. The number of aldehydes is 1. The molecule has 0 amide bonds. The van der Waals surface area contributed by atoms with Gasteiger partial charge in [-0.25, -0.2) is 4.79 Å². The summed E-state index contributed by atoms with van der Waals surface area (Å²) in [4.78, 5) is 20.4. The third-order valence-corrected chi connectivity index (χ3v) is 1.68. The summed E-state index contributed by atoms with van der Waals surface area (Å²) < 4.78 is 25.7. The molecule has 0 unspecified atom stereocenters. The first-order chi connectivity index (χ1) is 6.48. The predicted molar refractivity (Wildman–Crippen MR) is 43.4 cm³/mol. The molecule has 0 aromatic heterocycles. The van der Waals surface area contributed by atoms with Crippen molar-refractivity contribution in [3.05, 3.63) is 35.4 Å². The Morgan fingerprint density at radius 1 is 1.29 bits per heavy atom. The molecule has 74 valence electrons. The quantitative estimate of drug-likeness (QED) is 0.755. The van der Waals surface area contributed by atoms with Crippen molar-refractivity contribution >= 4 is 12.3 Å². The van der Waals surface area contributed by atoms with Crippen LogP contribution in [0.5, 0.6) is 0 Å². The Hall–Kier alpha value is -1.78. The van der Waals surface area contributed by atoms with E-state index in [1.165, 1.54) is 0 Å². The van der Waals surface area contributed by atoms with Gasteiger partial charge in [0.15, 0.2) is 0 Å². The first kappa shape index (κ1) is 10.3. The van der Waals surface area contributed by atoms with Crippen LogP contribution in [0.4, 0.5) is 8.78 Å². The smallest absolute Gasteiger partial charge is 0.379 e. The maximum Gasteiger partial charge on any atom is 0.379 e. The molecule has 0 aliphatic carbocycles. The molecule has 1 rings (SSSR count). The molecule has 3 nitrogen and oxygen atoms in total. The second kappa shape index (κ2) is 3.53. The molecule has 0 aliphatic heterocycles. The fourth-order valence-corrected chi connectivity index (χ4v) is 0.894. The second-order valence-electron chi connectivity index (χ2n) is 2.62. The first-order valence-electron chi connectivity index (χ1n) is 3.65. The van der Waals surface area contributed by atoms with Gasteiger partial charge in [0.25, 0.3) is 0 Å². The normalized spacial score (nSPS) is 11.0. The van der Waals surface area contributed by atoms with Crippen LogP contribution < -0.4 is 0 Å². The summed E-state index contributed by atoms with van der Waals surface area (Å²) in [5.74, 6) is -6.13. The van der Waals surface area contributed by atoms with Gasteiger partial charge in [0.1, 0.15) is 6.29 Å². The third kappa shape index (κ3) is 1.76. The van der Waals surface area contributed by atoms with Gasteiger partial charge in [-0.3, -0.25) is 4.79 Å². The zero-order valence-electron chi connectivity index (χ0n) is 6.91. The Labute approximate surface area is 78.0 Å². The number of carbonyl (C=O) groups is 2. The van der Waals surface area contributed by atoms with Gasteiger partial charge in [-0.1, -0.05) is 24.3 Å². The van der Waals surface area contributed by atoms with Crippen molar-refractivity contribution in [3.63, 3.8) is 0 Å². The molecule has 1 N–H and O–H groups in total. The summed E-state index contributed by atoms with van der Waals surface area (Å²) in [6, 6.07) is 4.11. The lowest BCUT2D eigenvalue weighted by atomic mass is 10.1. The highest BCUT2D eigenvalue weighted by molar-refractivity contribution is 5.78. The molecule has 0 saturated carbocycles. The lowest BCUT2D eigenvalue weighted by Gasteiger charge is -2.10. The Morgan fingerprint density at radius 3 is 2.14 bits per heavy atom. The fraction of sp³-hybridized carbons (Fsp3) is 0.111. The molecule has 0 radical (unpaired) electrons. The topological polar surface area (TPSA) is 54.4 Å². The summed E-state index contributed by atoms with van der Waals surface area (Å²) in [5, 5.41) is 8.20. The molecule has 1 aromatic carbocycles. The number of halogens is 2. The van der Waals surface area contributed by atoms with Gasteiger partial charge in [0.05, 0.1) is 0 Å². The highest BCUT2D eigenvalue weighted by Gasteiger charge is 2.40. The SMILES string of the molecule is O=Cc1ccc(C(F)(F)C(=O)O)cc1. The molecule has 0 atom stereocenters. The molecular formula is C9H6F2O3. The van der Waals surface area contributed by atoms with Gasteiger partial charge in [0, 0.05) is 11.1 Å². The molecule has 0 aliphatic rings. The first-order valence-corrected chi connectivity index (χ1v) is 3.65. The lowest BCUT2D eigenvalue weighted by Crippen LogP contribution is -2.25. The highest BCUT2D eigenvalue weighted by Crippen LogP contribution is 2.27. The van der Waals surface area contributed by atoms with E-state index in [9.17, 15) is 18.4 Å². The van der Waals surface area contributed by atoms with E-state index in [1.807, 2.05) is 0 Å². The number of carboxylic acid groups (broad SMARTS) is 1. The van der Waals surface area contributed by atoms with Crippen LogP contribution in [0.3, 0.4) is 0 Å². The van der Waals surface area contributed by atoms with E-state index in [1.54, 1.807) is 0 Å². The molecule has 0 bridgehead atoms. The van der Waals surface area contributed by atoms with Gasteiger partial charge in [-0.2, -0.15) is 8.78 Å². The number of aliphatic carboxylic acids is 1. The number of rotatable bonds is 3. The van der Waals surface area contributed by atoms with Crippen LogP contribution in [0.2, 0.25) is 0 Å². The minimum atomic E-state index is -3.92. The Balaban J connectivity index is 3.08. The van der Waals surface area contributed by atoms with Crippen molar-refractivity contribution in [2.45, 2.75) is 5.92 Å². The Morgan fingerprint density at radius 2 is 1.79 bits per heavy atom. The maximum absolute atomic E-state index is 12.8. The number of hydrogen-bond donors (Lipinski definition) is 1. The average Bonchev–Trinajstić information content (AvgIpc) is 2.17. The van der Waals surface area contributed by atoms with Gasteiger partial charge in [0.2, 0.25) is 0 Å². The minimum Gasteiger partial charge on any atom is -0.477 e. The van der Waals surface area contributed by atoms with E-state index in [0.717, 1.165) is 24.3 Å². The Bertz CT molecular complexity index is 357. The van der Waals surface area contributed by atoms with Crippen molar-refractivity contribution in [3.8, 4) is 0 Å². The average molecular weight is 200 g/mol. The summed E-state index contributed by atoms with van der Waals surface area (Å²) in [5.41, 5.74) is -0.425. The van der Waals surface area contributed by atoms with E-state index in [0.29, 0.717) is 6.29 Å². The number of benzene rings is 1. The van der Waals surface area contributed by atoms with E-state index in [2.05, 4.69) is 0 Å². The van der Waals surface area contributed by atoms with Crippen LogP contribution >= 0.6 is 0 Å². The molecule has 5 heteroatoms. The largest absolute Gasteiger partial charge is 0.477 e. The van der Waals surface area contributed by atoms with Crippen LogP contribution in [-0.4, -0.2) is 17.4 Å². The monoisotopic (exact) mass is 200 g/mol. The zero-order valence-corrected chi connectivity index (χ0v) is 6.91. The molecule has 0 spiro atoms. The van der Waals surface area contributed by atoms with E-state index >= 15 is 0 Å². The summed E-state index contributed by atoms with van der Waals surface area (Å²) in [7, 11) is 0. The number of carbonyl (C=O) groups excluding carboxylic acids is 1. The Kier molecular flexibility index (Phi) is 2.60. The third-order valence-electron chi connectivity index (χ3n) is 1.68. The minimum absolute atomic E-state index is 0.218. The van der Waals surface area contributed by atoms with Gasteiger partial charge in [-0.05, 0) is 0 Å². The van der Waals surface area contributed by atoms with Crippen molar-refractivity contribution in [1.82, 2.24) is 0 Å². The van der Waals surface area contributed by atoms with Gasteiger partial charge >= 0.3 is 11.9 Å². The summed E-state index contributed by atoms with van der Waals surface area (Å²) >= 11 is 0. The molecule has 0 saturated heterocycles. The number of alkyl halides is 2. The van der Waals surface area contributed by atoms with Crippen molar-refractivity contribution in [2.24, 2.45) is 0 Å². The predicted octanol–water partition coefficient (Wildman–Crippen LogP) is 1.68. The standard InChI is InChI=1S/C9H6F2O3/c10-9(11,8(13)14)7-3-1-6(5-12)2-4-7/h1-5H,(H,13,14). The second-order valence-corrected chi connectivity index (χ2v) is 2.62. The highest BCUT2D eigenvalue weighted by atomic mass is 19.3. The number of hydrogen-bond acceptors (Lipinski definition) is 2. The molecule has 0 fully saturated rings. The lowest BCUT2D eigenvalue weighted by molar-refractivity contribution is -0.166. The summed E-state index contributed by atoms with van der Waals surface area (Å²) in [6.07, 6.45) is 0.489.